The van der Waals surface area contributed by atoms with Crippen LogP contribution >= 0.6 is 23.2 Å². The Morgan fingerprint density at radius 3 is 2.18 bits per heavy atom. The number of hydrogen-bond acceptors (Lipinski definition) is 4. The van der Waals surface area contributed by atoms with Crippen molar-refractivity contribution in [2.24, 2.45) is 0 Å². The highest BCUT2D eigenvalue weighted by molar-refractivity contribution is 7.90. The fraction of sp³-hybridized carbons (Fsp3) is 0.333. The van der Waals surface area contributed by atoms with Gasteiger partial charge in [-0.2, -0.15) is 12.7 Å². The molecular formula is C21H25Cl2FN4O4S. The summed E-state index contributed by atoms with van der Waals surface area (Å²) in [6.45, 7) is 0.884. The molecule has 180 valence electrons. The molecule has 0 aliphatic heterocycles. The lowest BCUT2D eigenvalue weighted by atomic mass is 10.1. The molecule has 0 saturated heterocycles. The predicted molar refractivity (Wildman–Crippen MR) is 127 cm³/mol. The third-order valence-electron chi connectivity index (χ3n) is 4.88. The number of nitrogens with zero attached hydrogens (tertiary/aromatic N) is 3. The lowest BCUT2D eigenvalue weighted by Crippen LogP contribution is -2.52. The van der Waals surface area contributed by atoms with Crippen molar-refractivity contribution in [1.82, 2.24) is 14.5 Å². The van der Waals surface area contributed by atoms with Crippen molar-refractivity contribution in [2.45, 2.75) is 19.5 Å². The van der Waals surface area contributed by atoms with E-state index in [0.29, 0.717) is 10.6 Å². The molecule has 0 unspecified atom stereocenters. The van der Waals surface area contributed by atoms with Crippen molar-refractivity contribution in [3.8, 4) is 0 Å². The summed E-state index contributed by atoms with van der Waals surface area (Å²) in [7, 11) is -0.0472. The number of nitrogens with one attached hydrogen (secondary N) is 1. The average molecular weight is 519 g/mol. The maximum absolute atomic E-state index is 13.4. The van der Waals surface area contributed by atoms with Crippen LogP contribution in [-0.2, 0) is 26.3 Å². The van der Waals surface area contributed by atoms with E-state index in [1.54, 1.807) is 18.2 Å². The molecule has 2 rings (SSSR count). The second-order valence-corrected chi connectivity index (χ2v) is 10.2. The summed E-state index contributed by atoms with van der Waals surface area (Å²) in [6, 6.07) is 8.57. The van der Waals surface area contributed by atoms with E-state index in [4.69, 9.17) is 23.2 Å². The standard InChI is InChI=1S/C21H25Cl2FN4O4S/c1-14(21(30)25-2)27(12-15-5-10-18(22)19(23)11-15)20(29)13-28(33(31,32)26(3)4)17-8-6-16(24)7-9-17/h5-11,14H,12-13H2,1-4H3,(H,25,30)/t14-/m0/s1. The predicted octanol–water partition coefficient (Wildman–Crippen LogP) is 2.91. The quantitative estimate of drug-likeness (QED) is 0.552. The zero-order valence-corrected chi connectivity index (χ0v) is 20.9. The van der Waals surface area contributed by atoms with Crippen LogP contribution in [0.4, 0.5) is 10.1 Å². The smallest absolute Gasteiger partial charge is 0.304 e. The summed E-state index contributed by atoms with van der Waals surface area (Å²) < 4.78 is 41.1. The van der Waals surface area contributed by atoms with E-state index in [-0.39, 0.29) is 17.3 Å². The van der Waals surface area contributed by atoms with E-state index in [0.717, 1.165) is 20.7 Å². The lowest BCUT2D eigenvalue weighted by Gasteiger charge is -2.32. The summed E-state index contributed by atoms with van der Waals surface area (Å²) in [5.74, 6) is -1.64. The Bertz CT molecular complexity index is 1110. The van der Waals surface area contributed by atoms with Gasteiger partial charge in [0.15, 0.2) is 0 Å². The Kier molecular flexibility index (Phi) is 9.07. The topological polar surface area (TPSA) is 90.0 Å². The van der Waals surface area contributed by atoms with Gasteiger partial charge in [-0.15, -0.1) is 0 Å². The fourth-order valence-electron chi connectivity index (χ4n) is 2.95. The molecule has 8 nitrogen and oxygen atoms in total. The zero-order chi connectivity index (χ0) is 24.9. The molecule has 0 aliphatic carbocycles. The number of likely N-dealkylation sites (N-methyl/N-ethyl adjacent to an activating group) is 1. The Labute approximate surface area is 203 Å². The monoisotopic (exact) mass is 518 g/mol. The van der Waals surface area contributed by atoms with Gasteiger partial charge in [-0.05, 0) is 48.9 Å². The number of amides is 2. The van der Waals surface area contributed by atoms with Gasteiger partial charge in [0.2, 0.25) is 11.8 Å². The Balaban J connectivity index is 2.45. The van der Waals surface area contributed by atoms with E-state index < -0.39 is 40.4 Å². The molecule has 2 aromatic carbocycles. The minimum atomic E-state index is -4.11. The Morgan fingerprint density at radius 1 is 1.06 bits per heavy atom. The highest BCUT2D eigenvalue weighted by Gasteiger charge is 2.32. The first kappa shape index (κ1) is 26.8. The fourth-order valence-corrected chi connectivity index (χ4v) is 4.33. The SMILES string of the molecule is CNC(=O)[C@H](C)N(Cc1ccc(Cl)c(Cl)c1)C(=O)CN(c1ccc(F)cc1)S(=O)(=O)N(C)C. The first-order valence-electron chi connectivity index (χ1n) is 9.79. The van der Waals surface area contributed by atoms with Gasteiger partial charge in [-0.3, -0.25) is 9.59 Å². The molecule has 12 heteroatoms. The molecule has 1 atom stereocenters. The van der Waals surface area contributed by atoms with Crippen molar-refractivity contribution >= 4 is 50.9 Å². The molecule has 0 fully saturated rings. The van der Waals surface area contributed by atoms with Crippen LogP contribution < -0.4 is 9.62 Å². The third kappa shape index (κ3) is 6.57. The highest BCUT2D eigenvalue weighted by Crippen LogP contribution is 2.25. The van der Waals surface area contributed by atoms with Crippen LogP contribution in [0.3, 0.4) is 0 Å². The van der Waals surface area contributed by atoms with Gasteiger partial charge in [-0.25, -0.2) is 8.70 Å². The number of rotatable bonds is 9. The van der Waals surface area contributed by atoms with Gasteiger partial charge in [0, 0.05) is 27.7 Å². The molecule has 0 aliphatic rings. The van der Waals surface area contributed by atoms with Crippen LogP contribution in [0.25, 0.3) is 0 Å². The average Bonchev–Trinajstić information content (AvgIpc) is 2.77. The summed E-state index contributed by atoms with van der Waals surface area (Å²) in [5.41, 5.74) is 0.692. The second kappa shape index (κ2) is 11.1. The van der Waals surface area contributed by atoms with E-state index in [2.05, 4.69) is 5.32 Å². The van der Waals surface area contributed by atoms with Gasteiger partial charge in [0.1, 0.15) is 18.4 Å². The molecule has 1 N–H and O–H groups in total. The molecule has 0 aromatic heterocycles. The molecule has 2 amide bonds. The summed E-state index contributed by atoms with van der Waals surface area (Å²) in [4.78, 5) is 26.9. The van der Waals surface area contributed by atoms with Crippen LogP contribution in [0.2, 0.25) is 10.0 Å². The molecule has 2 aromatic rings. The van der Waals surface area contributed by atoms with Gasteiger partial charge in [-0.1, -0.05) is 29.3 Å². The highest BCUT2D eigenvalue weighted by atomic mass is 35.5. The maximum Gasteiger partial charge on any atom is 0.304 e. The van der Waals surface area contributed by atoms with E-state index in [9.17, 15) is 22.4 Å². The van der Waals surface area contributed by atoms with Crippen LogP contribution in [0.1, 0.15) is 12.5 Å². The summed E-state index contributed by atoms with van der Waals surface area (Å²) >= 11 is 12.0. The van der Waals surface area contributed by atoms with Crippen LogP contribution in [-0.4, -0.2) is 63.2 Å². The molecular weight excluding hydrogens is 494 g/mol. The first-order chi connectivity index (χ1) is 15.4. The molecule has 0 spiro atoms. The number of carbonyl (C=O) groups excluding carboxylic acids is 2. The van der Waals surface area contributed by atoms with Crippen molar-refractivity contribution in [3.63, 3.8) is 0 Å². The van der Waals surface area contributed by atoms with Gasteiger partial charge >= 0.3 is 10.2 Å². The van der Waals surface area contributed by atoms with E-state index >= 15 is 0 Å². The van der Waals surface area contributed by atoms with Crippen molar-refractivity contribution in [3.05, 3.63) is 63.9 Å². The van der Waals surface area contributed by atoms with Crippen molar-refractivity contribution < 1.29 is 22.4 Å². The maximum atomic E-state index is 13.4. The molecule has 33 heavy (non-hydrogen) atoms. The molecule has 0 heterocycles. The second-order valence-electron chi connectivity index (χ2n) is 7.33. The number of benzene rings is 2. The van der Waals surface area contributed by atoms with Gasteiger partial charge in [0.25, 0.3) is 0 Å². The Morgan fingerprint density at radius 2 is 1.67 bits per heavy atom. The largest absolute Gasteiger partial charge is 0.357 e. The first-order valence-corrected chi connectivity index (χ1v) is 11.9. The van der Waals surface area contributed by atoms with Crippen LogP contribution in [0, 0.1) is 5.82 Å². The molecule has 0 radical (unpaired) electrons. The van der Waals surface area contributed by atoms with Crippen LogP contribution in [0.15, 0.2) is 42.5 Å². The van der Waals surface area contributed by atoms with E-state index in [1.165, 1.54) is 45.1 Å². The normalized spacial score (nSPS) is 12.4. The lowest BCUT2D eigenvalue weighted by molar-refractivity contribution is -0.139. The number of hydrogen-bond donors (Lipinski definition) is 1. The van der Waals surface area contributed by atoms with Crippen LogP contribution in [0.5, 0.6) is 0 Å². The van der Waals surface area contributed by atoms with Gasteiger partial charge in [0.05, 0.1) is 15.7 Å². The van der Waals surface area contributed by atoms with Gasteiger partial charge < -0.3 is 10.2 Å². The van der Waals surface area contributed by atoms with E-state index in [1.807, 2.05) is 0 Å². The Hall–Kier alpha value is -2.40. The number of anilines is 1. The number of halogens is 3. The summed E-state index contributed by atoms with van der Waals surface area (Å²) in [5, 5.41) is 3.09. The minimum absolute atomic E-state index is 0.0242. The summed E-state index contributed by atoms with van der Waals surface area (Å²) in [6.07, 6.45) is 0. The zero-order valence-electron chi connectivity index (χ0n) is 18.5. The molecule has 0 saturated carbocycles. The van der Waals surface area contributed by atoms with Crippen molar-refractivity contribution in [1.29, 1.82) is 0 Å². The number of carbonyl (C=O) groups is 2. The molecule has 0 bridgehead atoms. The minimum Gasteiger partial charge on any atom is -0.357 e. The van der Waals surface area contributed by atoms with Crippen molar-refractivity contribution in [2.75, 3.05) is 32.0 Å². The third-order valence-corrected chi connectivity index (χ3v) is 7.44.